The monoisotopic (exact) mass is 162 g/mol. The Balaban J connectivity index is 3.88. The van der Waals surface area contributed by atoms with E-state index in [1.807, 2.05) is 12.1 Å². The SMILES string of the molecule is N#CC=C(N)CCC(N)=CC#N. The van der Waals surface area contributed by atoms with Crippen molar-refractivity contribution in [3.8, 4) is 12.1 Å². The van der Waals surface area contributed by atoms with Crippen molar-refractivity contribution in [1.29, 1.82) is 10.5 Å². The molecule has 4 heteroatoms. The van der Waals surface area contributed by atoms with Crippen LogP contribution in [0, 0.1) is 22.7 Å². The van der Waals surface area contributed by atoms with Gasteiger partial charge in [-0.2, -0.15) is 10.5 Å². The Morgan fingerprint density at radius 3 is 1.58 bits per heavy atom. The van der Waals surface area contributed by atoms with Gasteiger partial charge < -0.3 is 11.5 Å². The van der Waals surface area contributed by atoms with Crippen LogP contribution in [0.2, 0.25) is 0 Å². The predicted octanol–water partition coefficient (Wildman–Crippen LogP) is 0.499. The summed E-state index contributed by atoms with van der Waals surface area (Å²) in [5.41, 5.74) is 11.8. The van der Waals surface area contributed by atoms with Gasteiger partial charge in [0.1, 0.15) is 0 Å². The Kier molecular flexibility index (Phi) is 4.88. The molecule has 0 radical (unpaired) electrons. The Bertz CT molecular complexity index is 244. The fraction of sp³-hybridized carbons (Fsp3) is 0.250. The first-order valence-electron chi connectivity index (χ1n) is 3.39. The zero-order chi connectivity index (χ0) is 9.40. The third-order valence-electron chi connectivity index (χ3n) is 1.20. The topological polar surface area (TPSA) is 99.6 Å². The Morgan fingerprint density at radius 1 is 1.00 bits per heavy atom. The van der Waals surface area contributed by atoms with E-state index in [1.165, 1.54) is 12.2 Å². The first kappa shape index (κ1) is 10.1. The first-order chi connectivity index (χ1) is 5.70. The van der Waals surface area contributed by atoms with Gasteiger partial charge in [0.2, 0.25) is 0 Å². The fourth-order valence-electron chi connectivity index (χ4n) is 0.599. The summed E-state index contributed by atoms with van der Waals surface area (Å²) >= 11 is 0. The van der Waals surface area contributed by atoms with Crippen molar-refractivity contribution in [3.63, 3.8) is 0 Å². The number of hydrogen-bond acceptors (Lipinski definition) is 4. The molecule has 0 aromatic rings. The van der Waals surface area contributed by atoms with E-state index in [-0.39, 0.29) is 0 Å². The van der Waals surface area contributed by atoms with E-state index in [0.717, 1.165) is 0 Å². The minimum atomic E-state index is 0.479. The molecule has 12 heavy (non-hydrogen) atoms. The normalized spacial score (nSPS) is 11.8. The minimum absolute atomic E-state index is 0.479. The van der Waals surface area contributed by atoms with Gasteiger partial charge in [-0.25, -0.2) is 0 Å². The molecule has 0 rings (SSSR count). The zero-order valence-electron chi connectivity index (χ0n) is 6.62. The molecule has 0 spiro atoms. The molecule has 62 valence electrons. The lowest BCUT2D eigenvalue weighted by Gasteiger charge is -1.98. The van der Waals surface area contributed by atoms with Crippen molar-refractivity contribution < 1.29 is 0 Å². The molecular weight excluding hydrogens is 152 g/mol. The summed E-state index contributed by atoms with van der Waals surface area (Å²) in [5, 5.41) is 16.4. The smallest absolute Gasteiger partial charge is 0.0930 e. The van der Waals surface area contributed by atoms with Gasteiger partial charge in [-0.05, 0) is 12.8 Å². The molecule has 0 aromatic carbocycles. The summed E-state index contributed by atoms with van der Waals surface area (Å²) in [4.78, 5) is 0. The van der Waals surface area contributed by atoms with Crippen LogP contribution in [0.5, 0.6) is 0 Å². The highest BCUT2D eigenvalue weighted by atomic mass is 14.6. The second kappa shape index (κ2) is 5.82. The lowest BCUT2D eigenvalue weighted by Crippen LogP contribution is -2.02. The van der Waals surface area contributed by atoms with E-state index in [2.05, 4.69) is 0 Å². The number of hydrogen-bond donors (Lipinski definition) is 2. The van der Waals surface area contributed by atoms with Crippen LogP contribution >= 0.6 is 0 Å². The summed E-state index contributed by atoms with van der Waals surface area (Å²) in [6.07, 6.45) is 3.55. The first-order valence-corrected chi connectivity index (χ1v) is 3.39. The van der Waals surface area contributed by atoms with E-state index in [1.54, 1.807) is 0 Å². The van der Waals surface area contributed by atoms with Gasteiger partial charge in [-0.15, -0.1) is 0 Å². The van der Waals surface area contributed by atoms with E-state index < -0.39 is 0 Å². The molecule has 0 aliphatic carbocycles. The van der Waals surface area contributed by atoms with Gasteiger partial charge in [0.25, 0.3) is 0 Å². The summed E-state index contributed by atoms with van der Waals surface area (Å²) in [5.74, 6) is 0. The highest BCUT2D eigenvalue weighted by Gasteiger charge is 1.92. The maximum atomic E-state index is 8.20. The number of allylic oxidation sites excluding steroid dienone is 4. The molecule has 0 aromatic heterocycles. The van der Waals surface area contributed by atoms with Crippen molar-refractivity contribution in [2.45, 2.75) is 12.8 Å². The van der Waals surface area contributed by atoms with Crippen LogP contribution in [0.25, 0.3) is 0 Å². The van der Waals surface area contributed by atoms with Crippen LogP contribution in [0.4, 0.5) is 0 Å². The van der Waals surface area contributed by atoms with Crippen molar-refractivity contribution in [3.05, 3.63) is 23.5 Å². The average molecular weight is 162 g/mol. The van der Waals surface area contributed by atoms with Crippen LogP contribution in [-0.2, 0) is 0 Å². The Morgan fingerprint density at radius 2 is 1.33 bits per heavy atom. The minimum Gasteiger partial charge on any atom is -0.401 e. The molecule has 0 aliphatic heterocycles. The molecule has 0 heterocycles. The quantitative estimate of drug-likeness (QED) is 0.590. The lowest BCUT2D eigenvalue weighted by molar-refractivity contribution is 0.900. The fourth-order valence-corrected chi connectivity index (χ4v) is 0.599. The van der Waals surface area contributed by atoms with Gasteiger partial charge in [-0.1, -0.05) is 0 Å². The van der Waals surface area contributed by atoms with Crippen molar-refractivity contribution >= 4 is 0 Å². The third kappa shape index (κ3) is 4.89. The van der Waals surface area contributed by atoms with E-state index in [9.17, 15) is 0 Å². The lowest BCUT2D eigenvalue weighted by atomic mass is 10.2. The average Bonchev–Trinajstić information content (AvgIpc) is 2.02. The van der Waals surface area contributed by atoms with Gasteiger partial charge in [0.15, 0.2) is 0 Å². The van der Waals surface area contributed by atoms with Crippen molar-refractivity contribution in [2.75, 3.05) is 0 Å². The highest BCUT2D eigenvalue weighted by molar-refractivity contribution is 5.14. The number of nitrogens with zero attached hydrogens (tertiary/aromatic N) is 2. The molecule has 0 saturated heterocycles. The maximum absolute atomic E-state index is 8.20. The number of nitrogens with two attached hydrogens (primary N) is 2. The molecule has 0 fully saturated rings. The molecule has 0 unspecified atom stereocenters. The van der Waals surface area contributed by atoms with Crippen molar-refractivity contribution in [2.24, 2.45) is 11.5 Å². The second-order valence-electron chi connectivity index (χ2n) is 2.20. The molecular formula is C8H10N4. The van der Waals surface area contributed by atoms with E-state index >= 15 is 0 Å². The zero-order valence-corrected chi connectivity index (χ0v) is 6.62. The second-order valence-corrected chi connectivity index (χ2v) is 2.20. The van der Waals surface area contributed by atoms with Crippen LogP contribution in [0.1, 0.15) is 12.8 Å². The Hall–Kier alpha value is -1.94. The van der Waals surface area contributed by atoms with Gasteiger partial charge in [0, 0.05) is 23.5 Å². The van der Waals surface area contributed by atoms with Crippen LogP contribution in [0.3, 0.4) is 0 Å². The standard InChI is InChI=1S/C8H10N4/c9-5-3-7(11)1-2-8(12)4-6-10/h3-4H,1-2,11-12H2. The molecule has 0 atom stereocenters. The number of nitriles is 2. The molecule has 0 aliphatic rings. The van der Waals surface area contributed by atoms with Gasteiger partial charge >= 0.3 is 0 Å². The largest absolute Gasteiger partial charge is 0.401 e. The van der Waals surface area contributed by atoms with Crippen LogP contribution < -0.4 is 11.5 Å². The van der Waals surface area contributed by atoms with Crippen molar-refractivity contribution in [1.82, 2.24) is 0 Å². The van der Waals surface area contributed by atoms with Crippen LogP contribution in [0.15, 0.2) is 23.5 Å². The third-order valence-corrected chi connectivity index (χ3v) is 1.20. The summed E-state index contributed by atoms with van der Waals surface area (Å²) in [6.45, 7) is 0. The summed E-state index contributed by atoms with van der Waals surface area (Å²) in [7, 11) is 0. The summed E-state index contributed by atoms with van der Waals surface area (Å²) < 4.78 is 0. The van der Waals surface area contributed by atoms with Gasteiger partial charge in [-0.3, -0.25) is 0 Å². The highest BCUT2D eigenvalue weighted by Crippen LogP contribution is 2.02. The predicted molar refractivity (Wildman–Crippen MR) is 45.0 cm³/mol. The van der Waals surface area contributed by atoms with E-state index in [0.29, 0.717) is 24.2 Å². The molecule has 0 bridgehead atoms. The molecule has 0 amide bonds. The van der Waals surface area contributed by atoms with Gasteiger partial charge in [0.05, 0.1) is 12.1 Å². The van der Waals surface area contributed by atoms with Crippen LogP contribution in [-0.4, -0.2) is 0 Å². The maximum Gasteiger partial charge on any atom is 0.0930 e. The Labute approximate surface area is 71.4 Å². The molecule has 4 nitrogen and oxygen atoms in total. The molecule has 4 N–H and O–H groups in total. The van der Waals surface area contributed by atoms with E-state index in [4.69, 9.17) is 22.0 Å². The molecule has 0 saturated carbocycles. The summed E-state index contributed by atoms with van der Waals surface area (Å²) in [6, 6.07) is 3.62. The number of rotatable bonds is 3.